The van der Waals surface area contributed by atoms with E-state index in [1.165, 1.54) is 0 Å². The molecule has 0 aliphatic heterocycles. The third-order valence-electron chi connectivity index (χ3n) is 22.6. The van der Waals surface area contributed by atoms with Gasteiger partial charge < -0.3 is 0 Å². The largest absolute Gasteiger partial charge is 0.268 e. The topological polar surface area (TPSA) is 352 Å². The van der Waals surface area contributed by atoms with Crippen molar-refractivity contribution in [2.75, 3.05) is 0 Å². The van der Waals surface area contributed by atoms with Crippen LogP contribution in [0.3, 0.4) is 0 Å². The lowest BCUT2D eigenvalue weighted by atomic mass is 10.0. The summed E-state index contributed by atoms with van der Waals surface area (Å²) >= 11 is 0. The summed E-state index contributed by atoms with van der Waals surface area (Å²) in [6, 6.07) is 12.8. The van der Waals surface area contributed by atoms with E-state index < -0.39 is 353 Å². The quantitative estimate of drug-likeness (QED) is 0.0961. The Balaban J connectivity index is 0.000000133. The van der Waals surface area contributed by atoms with Crippen LogP contribution in [0.5, 0.6) is 0 Å². The number of fused-ring (bicyclic) bond motifs is 18. The van der Waals surface area contributed by atoms with Gasteiger partial charge in [-0.3, -0.25) is 86.3 Å². The fourth-order valence-corrected chi connectivity index (χ4v) is 17.0. The van der Waals surface area contributed by atoms with Crippen LogP contribution in [0, 0.1) is 122 Å². The van der Waals surface area contributed by atoms with Gasteiger partial charge in [-0.2, -0.15) is 0 Å². The van der Waals surface area contributed by atoms with Crippen LogP contribution in [0.1, 0.15) is 0 Å². The molecule has 21 aromatic rings. The van der Waals surface area contributed by atoms with Gasteiger partial charge in [-0.05, 0) is 72.8 Å². The molecule has 0 aliphatic rings. The van der Waals surface area contributed by atoms with Crippen molar-refractivity contribution in [2.24, 2.45) is 0 Å². The van der Waals surface area contributed by atoms with Gasteiger partial charge in [0.2, 0.25) is 0 Å². The SMILES string of the molecule is O=c1c2c3c(=O)n(-c4c(F)cc(F)cc4F)c(=O)c3c3c(=O)n(-c4c(F)cc(F)cc4F)c(=O)c3c2c(=O)n1-c1c(F)cc(F)cc1F.O=c1c2c3c(=O)n(-c4cc(F)c(F)cc4F)c(=O)c3c3c(=O)n(-c4cc(F)c(F)cc4F)c(=O)c3c2c(=O)n1-c1cc(F)c(F)cc1F.O=c1c2c3c(=O)n(-c4ccc(F)cc4)c(=O)c3c3c(=O)n(-c4ccc(F)cc4)c(=O)c3c2c(=O)n1-c1ccc(F)cc1. The molecular weight excluding hydrogens is 1890 g/mol. The Kier molecular flexibility index (Phi) is 19.8. The van der Waals surface area contributed by atoms with Gasteiger partial charge in [0.15, 0.2) is 87.3 Å². The van der Waals surface area contributed by atoms with Gasteiger partial charge in [0, 0.05) is 72.8 Å². The van der Waals surface area contributed by atoms with Crippen LogP contribution in [-0.2, 0) is 0 Å². The van der Waals surface area contributed by atoms with Crippen molar-refractivity contribution in [3.05, 3.63) is 454 Å². The third-order valence-corrected chi connectivity index (χ3v) is 22.6. The standard InChI is InChI=1S/2C30H6F9N3O6.C30H12F3N3O6/c31-7-1-13(37)16(4-10(7)34)40-25(43)19-20(26(40)44)22-24(30(48)42(28(22)46)18-6-12(36)9(33)3-15(18)39)23-21(19)27(45)41(29(23)47)17-5-11(35)8(32)2-14(17)38;31-7-1-10(34)22(11(35)2-7)40-25(43)16-17(26(40)44)19-21(30(48)42(28(19)46)24-14(38)5-9(33)6-15(24)39)20-18(16)27(45)41(29(20)47)23-12(36)3-8(32)4-13(23)37;31-13-1-7-16(8-2-13)34-25(37)19-20(26(34)38)22-24(30(42)36(28(22)40)18-11-5-15(33)6-12-18)23-21(19)27(39)35(29(23)41)17-9-3-14(32)4-10-17/h2*1-6H;1-12H. The van der Waals surface area contributed by atoms with Crippen LogP contribution in [-0.4, -0.2) is 41.1 Å². The van der Waals surface area contributed by atoms with Crippen LogP contribution in [0.2, 0.25) is 0 Å². The molecule has 0 unspecified atom stereocenters. The van der Waals surface area contributed by atoms with E-state index in [2.05, 4.69) is 0 Å². The van der Waals surface area contributed by atoms with Crippen molar-refractivity contribution < 1.29 is 92.2 Å². The summed E-state index contributed by atoms with van der Waals surface area (Å²) in [6.45, 7) is 0. The lowest BCUT2D eigenvalue weighted by Gasteiger charge is -2.04. The number of hydrogen-bond acceptors (Lipinski definition) is 18. The minimum atomic E-state index is -1.88. The molecule has 9 aromatic heterocycles. The van der Waals surface area contributed by atoms with Gasteiger partial charge in [-0.15, -0.1) is 0 Å². The number of rotatable bonds is 9. The summed E-state index contributed by atoms with van der Waals surface area (Å²) < 4.78 is 299. The highest BCUT2D eigenvalue weighted by molar-refractivity contribution is 6.28. The van der Waals surface area contributed by atoms with Crippen LogP contribution < -0.4 is 100 Å². The maximum atomic E-state index is 14.9. The molecule has 0 aliphatic carbocycles. The molecule has 0 amide bonds. The molecule has 0 radical (unpaired) electrons. The average Bonchev–Trinajstić information content (AvgIpc) is 1.54. The molecule has 9 heterocycles. The number of benzene rings is 12. The fourth-order valence-electron chi connectivity index (χ4n) is 17.0. The molecule has 0 fully saturated rings. The Labute approximate surface area is 732 Å². The molecule has 12 aromatic carbocycles. The van der Waals surface area contributed by atoms with Crippen LogP contribution in [0.4, 0.5) is 92.2 Å². The minimum absolute atomic E-state index is 0.0316. The van der Waals surface area contributed by atoms with E-state index in [0.717, 1.165) is 72.8 Å². The van der Waals surface area contributed by atoms with E-state index in [1.807, 2.05) is 0 Å². The number of nitrogens with zero attached hydrogens (tertiary/aromatic N) is 9. The van der Waals surface area contributed by atoms with Crippen LogP contribution >= 0.6 is 0 Å². The first-order valence-electron chi connectivity index (χ1n) is 38.1. The zero-order chi connectivity index (χ0) is 99.3. The van der Waals surface area contributed by atoms with Crippen molar-refractivity contribution >= 4 is 97.0 Å². The van der Waals surface area contributed by atoms with Crippen LogP contribution in [0.15, 0.2) is 232 Å². The molecule has 0 saturated heterocycles. The first-order valence-corrected chi connectivity index (χ1v) is 38.1. The van der Waals surface area contributed by atoms with Gasteiger partial charge in [-0.1, -0.05) is 0 Å². The predicted molar refractivity (Wildman–Crippen MR) is 443 cm³/mol. The summed E-state index contributed by atoms with van der Waals surface area (Å²) in [4.78, 5) is 248. The monoisotopic (exact) mass is 1920 g/mol. The second-order valence-corrected chi connectivity index (χ2v) is 30.0. The van der Waals surface area contributed by atoms with E-state index >= 15 is 0 Å². The van der Waals surface area contributed by atoms with Gasteiger partial charge >= 0.3 is 0 Å². The van der Waals surface area contributed by atoms with E-state index in [9.17, 15) is 179 Å². The molecular formula is C90H24F21N9O18. The normalized spacial score (nSPS) is 11.9. The van der Waals surface area contributed by atoms with Crippen LogP contribution in [0.25, 0.3) is 148 Å². The molecule has 0 N–H and O–H groups in total. The summed E-state index contributed by atoms with van der Waals surface area (Å²) in [5, 5.41) is -18.9. The Morgan fingerprint density at radius 1 is 0.123 bits per heavy atom. The molecule has 48 heteroatoms. The predicted octanol–water partition coefficient (Wildman–Crippen LogP) is 8.90. The second-order valence-electron chi connectivity index (χ2n) is 30.0. The van der Waals surface area contributed by atoms with E-state index in [1.54, 1.807) is 0 Å². The Morgan fingerprint density at radius 2 is 0.254 bits per heavy atom. The summed E-state index contributed by atoms with van der Waals surface area (Å²) in [5.41, 5.74) is -37.2. The van der Waals surface area contributed by atoms with E-state index in [4.69, 9.17) is 0 Å². The van der Waals surface area contributed by atoms with Gasteiger partial charge in [0.05, 0.1) is 131 Å². The fraction of sp³-hybridized carbons (Fsp3) is 0. The number of halogens is 21. The van der Waals surface area contributed by atoms with Crippen molar-refractivity contribution in [3.63, 3.8) is 0 Å². The van der Waals surface area contributed by atoms with Gasteiger partial charge in [-0.25, -0.2) is 133 Å². The molecule has 0 saturated carbocycles. The summed E-state index contributed by atoms with van der Waals surface area (Å²) in [5.74, 6) is -33.8. The van der Waals surface area contributed by atoms with Crippen molar-refractivity contribution in [2.45, 2.75) is 0 Å². The van der Waals surface area contributed by atoms with Gasteiger partial charge in [0.1, 0.15) is 52.0 Å². The molecule has 21 rings (SSSR count). The molecule has 0 atom stereocenters. The third kappa shape index (κ3) is 12.3. The highest BCUT2D eigenvalue weighted by atomic mass is 19.2. The maximum Gasteiger partial charge on any atom is 0.267 e. The number of aromatic nitrogens is 9. The Bertz CT molecular complexity index is 9000. The molecule has 0 bridgehead atoms. The smallest absolute Gasteiger partial charge is 0.267 e. The van der Waals surface area contributed by atoms with Crippen molar-refractivity contribution in [1.29, 1.82) is 0 Å². The minimum Gasteiger partial charge on any atom is -0.268 e. The molecule has 27 nitrogen and oxygen atoms in total. The van der Waals surface area contributed by atoms with Crippen molar-refractivity contribution in [3.8, 4) is 51.2 Å². The zero-order valence-electron chi connectivity index (χ0n) is 66.2. The highest BCUT2D eigenvalue weighted by Crippen LogP contribution is 2.35. The number of hydrogen-bond donors (Lipinski definition) is 0. The first kappa shape index (κ1) is 88.7. The molecule has 684 valence electrons. The lowest BCUT2D eigenvalue weighted by molar-refractivity contribution is 0.492. The summed E-state index contributed by atoms with van der Waals surface area (Å²) in [6.07, 6.45) is 0. The van der Waals surface area contributed by atoms with E-state index in [-0.39, 0.29) is 117 Å². The zero-order valence-corrected chi connectivity index (χ0v) is 66.2. The highest BCUT2D eigenvalue weighted by Gasteiger charge is 2.40. The van der Waals surface area contributed by atoms with Crippen molar-refractivity contribution in [1.82, 2.24) is 41.1 Å². The maximum absolute atomic E-state index is 14.9. The first-order chi connectivity index (χ1) is 65.2. The lowest BCUT2D eigenvalue weighted by Crippen LogP contribution is -2.27. The average molecular weight is 1920 g/mol. The van der Waals surface area contributed by atoms with E-state index in [0.29, 0.717) is 13.7 Å². The Morgan fingerprint density at radius 3 is 0.406 bits per heavy atom. The Hall–Kier alpha value is -18.6. The summed E-state index contributed by atoms with van der Waals surface area (Å²) in [7, 11) is 0. The second kappa shape index (κ2) is 30.8. The van der Waals surface area contributed by atoms with Gasteiger partial charge in [0.25, 0.3) is 100 Å². The molecule has 138 heavy (non-hydrogen) atoms. The molecule has 0 spiro atoms.